The van der Waals surface area contributed by atoms with E-state index in [1.165, 1.54) is 24.3 Å². The zero-order valence-electron chi connectivity index (χ0n) is 14.0. The Labute approximate surface area is 153 Å². The molecule has 0 saturated carbocycles. The molecule has 9 heteroatoms. The number of nitrogens with one attached hydrogen (secondary N) is 2. The predicted octanol–water partition coefficient (Wildman–Crippen LogP) is 2.20. The lowest BCUT2D eigenvalue weighted by atomic mass is 10.2. The maximum Gasteiger partial charge on any atom is 0.387 e. The van der Waals surface area contributed by atoms with Crippen LogP contribution in [-0.4, -0.2) is 37.5 Å². The topological polar surface area (TPSA) is 93.7 Å². The Kier molecular flexibility index (Phi) is 7.24. The average molecular weight is 378 g/mol. The number of alkyl halides is 2. The summed E-state index contributed by atoms with van der Waals surface area (Å²) in [5.41, 5.74) is 0.706. The van der Waals surface area contributed by atoms with Crippen LogP contribution in [0.15, 0.2) is 54.6 Å². The third-order valence-corrected chi connectivity index (χ3v) is 3.16. The van der Waals surface area contributed by atoms with Crippen molar-refractivity contribution >= 4 is 23.5 Å². The molecule has 0 unspecified atom stereocenters. The lowest BCUT2D eigenvalue weighted by molar-refractivity contribution is -0.146. The van der Waals surface area contributed by atoms with E-state index in [1.807, 2.05) is 0 Å². The molecule has 0 aliphatic carbocycles. The number of carbonyl (C=O) groups excluding carboxylic acids is 3. The summed E-state index contributed by atoms with van der Waals surface area (Å²) in [6.07, 6.45) is 0. The van der Waals surface area contributed by atoms with E-state index in [9.17, 15) is 23.2 Å². The summed E-state index contributed by atoms with van der Waals surface area (Å²) in [5, 5.41) is 4.80. The van der Waals surface area contributed by atoms with E-state index < -0.39 is 31.0 Å². The summed E-state index contributed by atoms with van der Waals surface area (Å²) in [6.45, 7) is -3.89. The Hall–Kier alpha value is -3.49. The first-order valence-corrected chi connectivity index (χ1v) is 7.77. The minimum absolute atomic E-state index is 0.0522. The maximum absolute atomic E-state index is 12.0. The predicted molar refractivity (Wildman–Crippen MR) is 91.4 cm³/mol. The van der Waals surface area contributed by atoms with E-state index in [4.69, 9.17) is 4.74 Å². The fourth-order valence-electron chi connectivity index (χ4n) is 1.96. The van der Waals surface area contributed by atoms with Gasteiger partial charge in [0, 0.05) is 11.3 Å². The van der Waals surface area contributed by atoms with Crippen LogP contribution in [0.4, 0.5) is 14.5 Å². The van der Waals surface area contributed by atoms with Crippen molar-refractivity contribution in [2.24, 2.45) is 0 Å². The molecule has 2 aromatic carbocycles. The van der Waals surface area contributed by atoms with Crippen molar-refractivity contribution in [3.8, 4) is 5.75 Å². The third-order valence-electron chi connectivity index (χ3n) is 3.16. The molecule has 2 amide bonds. The number of anilines is 1. The van der Waals surface area contributed by atoms with Crippen molar-refractivity contribution in [3.05, 3.63) is 60.2 Å². The van der Waals surface area contributed by atoms with Crippen LogP contribution in [0.3, 0.4) is 0 Å². The molecule has 0 aromatic heterocycles. The molecule has 0 heterocycles. The van der Waals surface area contributed by atoms with Gasteiger partial charge in [-0.25, -0.2) is 0 Å². The lowest BCUT2D eigenvalue weighted by Gasteiger charge is -2.09. The van der Waals surface area contributed by atoms with Crippen LogP contribution in [-0.2, 0) is 14.3 Å². The zero-order valence-corrected chi connectivity index (χ0v) is 14.0. The molecule has 0 bridgehead atoms. The number of amides is 2. The molecule has 0 aliphatic heterocycles. The number of halogens is 2. The van der Waals surface area contributed by atoms with Crippen molar-refractivity contribution in [1.29, 1.82) is 0 Å². The highest BCUT2D eigenvalue weighted by atomic mass is 19.3. The molecule has 7 nitrogen and oxygen atoms in total. The Balaban J connectivity index is 1.70. The first kappa shape index (κ1) is 19.8. The summed E-state index contributed by atoms with van der Waals surface area (Å²) >= 11 is 0. The largest absolute Gasteiger partial charge is 0.454 e. The third kappa shape index (κ3) is 7.10. The first-order valence-electron chi connectivity index (χ1n) is 7.77. The summed E-state index contributed by atoms with van der Waals surface area (Å²) < 4.78 is 33.0. The molecule has 0 spiro atoms. The Bertz CT molecular complexity index is 782. The summed E-state index contributed by atoms with van der Waals surface area (Å²) in [7, 11) is 0. The second-order valence-corrected chi connectivity index (χ2v) is 5.16. The van der Waals surface area contributed by atoms with Gasteiger partial charge in [-0.15, -0.1) is 0 Å². The highest BCUT2D eigenvalue weighted by Gasteiger charge is 2.11. The van der Waals surface area contributed by atoms with Crippen molar-refractivity contribution in [2.75, 3.05) is 18.5 Å². The van der Waals surface area contributed by atoms with Crippen LogP contribution in [0, 0.1) is 0 Å². The van der Waals surface area contributed by atoms with E-state index in [0.717, 1.165) is 0 Å². The number of carbonyl (C=O) groups is 3. The van der Waals surface area contributed by atoms with Crippen molar-refractivity contribution in [3.63, 3.8) is 0 Å². The highest BCUT2D eigenvalue weighted by molar-refractivity contribution is 5.96. The van der Waals surface area contributed by atoms with Crippen LogP contribution >= 0.6 is 0 Å². The summed E-state index contributed by atoms with van der Waals surface area (Å²) in [6, 6.07) is 13.5. The molecular weight excluding hydrogens is 362 g/mol. The first-order chi connectivity index (χ1) is 12.9. The molecular formula is C18H16F2N2O5. The lowest BCUT2D eigenvalue weighted by Crippen LogP contribution is -2.32. The molecule has 0 saturated heterocycles. The minimum Gasteiger partial charge on any atom is -0.454 e. The van der Waals surface area contributed by atoms with E-state index >= 15 is 0 Å². The van der Waals surface area contributed by atoms with E-state index in [2.05, 4.69) is 15.4 Å². The van der Waals surface area contributed by atoms with E-state index in [-0.39, 0.29) is 12.3 Å². The van der Waals surface area contributed by atoms with Gasteiger partial charge in [-0.3, -0.25) is 14.4 Å². The second kappa shape index (κ2) is 9.85. The summed E-state index contributed by atoms with van der Waals surface area (Å²) in [5.74, 6) is -1.90. The fraction of sp³-hybridized carbons (Fsp3) is 0.167. The quantitative estimate of drug-likeness (QED) is 0.687. The minimum atomic E-state index is -2.94. The van der Waals surface area contributed by atoms with E-state index in [0.29, 0.717) is 11.3 Å². The van der Waals surface area contributed by atoms with Crippen LogP contribution < -0.4 is 15.4 Å². The van der Waals surface area contributed by atoms with Crippen molar-refractivity contribution in [2.45, 2.75) is 6.61 Å². The normalized spacial score (nSPS) is 10.2. The molecule has 0 atom stereocenters. The van der Waals surface area contributed by atoms with Crippen LogP contribution in [0.25, 0.3) is 0 Å². The average Bonchev–Trinajstić information content (AvgIpc) is 2.66. The van der Waals surface area contributed by atoms with Crippen LogP contribution in [0.5, 0.6) is 5.75 Å². The van der Waals surface area contributed by atoms with Crippen LogP contribution in [0.1, 0.15) is 10.4 Å². The van der Waals surface area contributed by atoms with Crippen LogP contribution in [0.2, 0.25) is 0 Å². The monoisotopic (exact) mass is 378 g/mol. The van der Waals surface area contributed by atoms with Gasteiger partial charge < -0.3 is 20.1 Å². The Morgan fingerprint density at radius 1 is 0.963 bits per heavy atom. The molecule has 27 heavy (non-hydrogen) atoms. The second-order valence-electron chi connectivity index (χ2n) is 5.16. The van der Waals surface area contributed by atoms with Gasteiger partial charge in [0.1, 0.15) is 12.3 Å². The molecule has 2 aromatic rings. The van der Waals surface area contributed by atoms with Crippen molar-refractivity contribution in [1.82, 2.24) is 5.32 Å². The van der Waals surface area contributed by atoms with Gasteiger partial charge in [0.2, 0.25) is 0 Å². The number of ether oxygens (including phenoxy) is 2. The molecule has 142 valence electrons. The molecule has 0 fully saturated rings. The molecule has 2 N–H and O–H groups in total. The van der Waals surface area contributed by atoms with E-state index in [1.54, 1.807) is 30.3 Å². The Morgan fingerprint density at radius 2 is 1.63 bits per heavy atom. The number of hydrogen-bond acceptors (Lipinski definition) is 5. The molecule has 0 radical (unpaired) electrons. The van der Waals surface area contributed by atoms with Gasteiger partial charge in [0.15, 0.2) is 6.61 Å². The van der Waals surface area contributed by atoms with Gasteiger partial charge >= 0.3 is 12.6 Å². The van der Waals surface area contributed by atoms with Gasteiger partial charge in [0.25, 0.3) is 11.8 Å². The number of esters is 1. The number of rotatable bonds is 8. The Morgan fingerprint density at radius 3 is 2.26 bits per heavy atom. The standard InChI is InChI=1S/C18H16F2N2O5/c19-18(20)27-14-8-6-13(7-9-14)22-15(23)11-26-16(24)10-21-17(25)12-4-2-1-3-5-12/h1-9,18H,10-11H2,(H,21,25)(H,22,23). The number of hydrogen-bond donors (Lipinski definition) is 2. The number of benzene rings is 2. The van der Waals surface area contributed by atoms with Gasteiger partial charge in [-0.1, -0.05) is 18.2 Å². The molecule has 2 rings (SSSR count). The summed E-state index contributed by atoms with van der Waals surface area (Å²) in [4.78, 5) is 35.1. The SMILES string of the molecule is O=C(COC(=O)CNC(=O)c1ccccc1)Nc1ccc(OC(F)F)cc1. The fourth-order valence-corrected chi connectivity index (χ4v) is 1.96. The highest BCUT2D eigenvalue weighted by Crippen LogP contribution is 2.17. The zero-order chi connectivity index (χ0) is 19.6. The van der Waals surface area contributed by atoms with Gasteiger partial charge in [-0.05, 0) is 36.4 Å². The maximum atomic E-state index is 12.0. The van der Waals surface area contributed by atoms with Gasteiger partial charge in [-0.2, -0.15) is 8.78 Å². The molecule has 0 aliphatic rings. The smallest absolute Gasteiger partial charge is 0.387 e. The van der Waals surface area contributed by atoms with Crippen molar-refractivity contribution < 1.29 is 32.6 Å². The van der Waals surface area contributed by atoms with Gasteiger partial charge in [0.05, 0.1) is 0 Å².